The summed E-state index contributed by atoms with van der Waals surface area (Å²) in [6.45, 7) is 3.21. The van der Waals surface area contributed by atoms with E-state index >= 15 is 0 Å². The van der Waals surface area contributed by atoms with Gasteiger partial charge in [0, 0.05) is 18.8 Å². The Hall–Kier alpha value is -2.47. The summed E-state index contributed by atoms with van der Waals surface area (Å²) >= 11 is 1.46. The van der Waals surface area contributed by atoms with Gasteiger partial charge >= 0.3 is 0 Å². The molecule has 2 aromatic carbocycles. The lowest BCUT2D eigenvalue weighted by Gasteiger charge is -2.37. The molecular formula is C18H16FN3OS. The fourth-order valence-electron chi connectivity index (χ4n) is 2.81. The van der Waals surface area contributed by atoms with E-state index < -0.39 is 0 Å². The van der Waals surface area contributed by atoms with Crippen LogP contribution >= 0.6 is 11.3 Å². The molecule has 0 atom stereocenters. The highest BCUT2D eigenvalue weighted by Crippen LogP contribution is 2.34. The molecule has 0 unspecified atom stereocenters. The van der Waals surface area contributed by atoms with Crippen molar-refractivity contribution in [1.29, 1.82) is 0 Å². The van der Waals surface area contributed by atoms with Crippen LogP contribution in [-0.2, 0) is 4.79 Å². The Bertz CT molecular complexity index is 918. The van der Waals surface area contributed by atoms with Crippen LogP contribution in [0.15, 0.2) is 42.5 Å². The first-order valence-corrected chi connectivity index (χ1v) is 8.59. The molecule has 0 radical (unpaired) electrons. The average molecular weight is 341 g/mol. The lowest BCUT2D eigenvalue weighted by Crippen LogP contribution is -2.52. The van der Waals surface area contributed by atoms with Gasteiger partial charge in [-0.3, -0.25) is 4.79 Å². The van der Waals surface area contributed by atoms with E-state index in [1.807, 2.05) is 42.2 Å². The Morgan fingerprint density at radius 2 is 2.08 bits per heavy atom. The molecule has 6 heteroatoms. The van der Waals surface area contributed by atoms with Crippen molar-refractivity contribution < 1.29 is 9.18 Å². The van der Waals surface area contributed by atoms with Crippen molar-refractivity contribution in [2.45, 2.75) is 6.92 Å². The maximum atomic E-state index is 13.7. The van der Waals surface area contributed by atoms with Gasteiger partial charge in [-0.05, 0) is 36.8 Å². The quantitative estimate of drug-likeness (QED) is 0.788. The van der Waals surface area contributed by atoms with Gasteiger partial charge in [0.1, 0.15) is 11.3 Å². The normalized spacial score (nSPS) is 14.7. The molecule has 2 heterocycles. The molecule has 1 amide bonds. The van der Waals surface area contributed by atoms with E-state index in [2.05, 4.69) is 10.3 Å². The Kier molecular flexibility index (Phi) is 3.69. The van der Waals surface area contributed by atoms with Gasteiger partial charge in [-0.15, -0.1) is 0 Å². The van der Waals surface area contributed by atoms with Crippen LogP contribution in [0.25, 0.3) is 10.2 Å². The molecule has 1 saturated heterocycles. The number of thiazole rings is 1. The van der Waals surface area contributed by atoms with Crippen LogP contribution in [0.4, 0.5) is 15.2 Å². The monoisotopic (exact) mass is 341 g/mol. The predicted molar refractivity (Wildman–Crippen MR) is 95.1 cm³/mol. The second-order valence-corrected chi connectivity index (χ2v) is 7.05. The van der Waals surface area contributed by atoms with Gasteiger partial charge in [0.05, 0.1) is 10.6 Å². The highest BCUT2D eigenvalue weighted by atomic mass is 32.1. The number of fused-ring (bicyclic) bond motifs is 1. The van der Waals surface area contributed by atoms with Crippen LogP contribution in [0, 0.1) is 18.7 Å². The Labute approximate surface area is 142 Å². The third-order valence-electron chi connectivity index (χ3n) is 4.17. The van der Waals surface area contributed by atoms with Crippen LogP contribution in [-0.4, -0.2) is 24.0 Å². The number of hydrogen-bond donors (Lipinski definition) is 1. The van der Waals surface area contributed by atoms with Crippen molar-refractivity contribution in [1.82, 2.24) is 4.98 Å². The number of halogens is 1. The fraction of sp³-hybridized carbons (Fsp3) is 0.222. The molecule has 0 aliphatic carbocycles. The first kappa shape index (κ1) is 15.1. The number of rotatable bonds is 3. The minimum absolute atomic E-state index is 0.0177. The Morgan fingerprint density at radius 1 is 1.29 bits per heavy atom. The van der Waals surface area contributed by atoms with E-state index in [1.165, 1.54) is 17.4 Å². The van der Waals surface area contributed by atoms with E-state index in [4.69, 9.17) is 0 Å². The molecule has 0 spiro atoms. The summed E-state index contributed by atoms with van der Waals surface area (Å²) in [6, 6.07) is 12.7. The second kappa shape index (κ2) is 5.87. The molecule has 3 aromatic rings. The summed E-state index contributed by atoms with van der Waals surface area (Å²) < 4.78 is 14.6. The number of aryl methyl sites for hydroxylation is 1. The Balaban J connectivity index is 1.42. The maximum Gasteiger partial charge on any atom is 0.231 e. The molecule has 1 N–H and O–H groups in total. The number of nitrogens with zero attached hydrogens (tertiary/aromatic N) is 2. The van der Waals surface area contributed by atoms with Crippen molar-refractivity contribution in [2.75, 3.05) is 23.3 Å². The zero-order chi connectivity index (χ0) is 16.7. The second-order valence-electron chi connectivity index (χ2n) is 6.04. The molecular weight excluding hydrogens is 325 g/mol. The fourth-order valence-corrected chi connectivity index (χ4v) is 3.80. The SMILES string of the molecule is Cc1cccc(NC(=O)C2CN(c3nc4c(F)cccc4s3)C2)c1. The van der Waals surface area contributed by atoms with E-state index in [-0.39, 0.29) is 17.6 Å². The third kappa shape index (κ3) is 2.73. The minimum Gasteiger partial charge on any atom is -0.346 e. The number of benzene rings is 2. The number of aromatic nitrogens is 1. The van der Waals surface area contributed by atoms with E-state index in [0.29, 0.717) is 18.6 Å². The van der Waals surface area contributed by atoms with Gasteiger partial charge in [0.2, 0.25) is 5.91 Å². The molecule has 4 nitrogen and oxygen atoms in total. The minimum atomic E-state index is -0.302. The number of carbonyl (C=O) groups excluding carboxylic acids is 1. The standard InChI is InChI=1S/C18H16FN3OS/c1-11-4-2-5-13(8-11)20-17(23)12-9-22(10-12)18-21-16-14(19)6-3-7-15(16)24-18/h2-8,12H,9-10H2,1H3,(H,20,23). The maximum absolute atomic E-state index is 13.7. The third-order valence-corrected chi connectivity index (χ3v) is 5.25. The van der Waals surface area contributed by atoms with Gasteiger partial charge in [0.15, 0.2) is 5.13 Å². The van der Waals surface area contributed by atoms with Crippen LogP contribution in [0.5, 0.6) is 0 Å². The summed E-state index contributed by atoms with van der Waals surface area (Å²) in [4.78, 5) is 18.7. The van der Waals surface area contributed by atoms with E-state index in [9.17, 15) is 9.18 Å². The smallest absolute Gasteiger partial charge is 0.231 e. The molecule has 122 valence electrons. The average Bonchev–Trinajstić information content (AvgIpc) is 2.90. The summed E-state index contributed by atoms with van der Waals surface area (Å²) in [6.07, 6.45) is 0. The summed E-state index contributed by atoms with van der Waals surface area (Å²) in [5.41, 5.74) is 2.34. The topological polar surface area (TPSA) is 45.2 Å². The van der Waals surface area contributed by atoms with E-state index in [1.54, 1.807) is 6.07 Å². The number of amides is 1. The van der Waals surface area contributed by atoms with Crippen molar-refractivity contribution in [2.24, 2.45) is 5.92 Å². The zero-order valence-corrected chi connectivity index (χ0v) is 13.9. The van der Waals surface area contributed by atoms with Crippen molar-refractivity contribution in [3.05, 3.63) is 53.8 Å². The molecule has 24 heavy (non-hydrogen) atoms. The van der Waals surface area contributed by atoms with Gasteiger partial charge in [0.25, 0.3) is 0 Å². The number of carbonyl (C=O) groups is 1. The van der Waals surface area contributed by atoms with E-state index in [0.717, 1.165) is 21.1 Å². The van der Waals surface area contributed by atoms with Gasteiger partial charge < -0.3 is 10.2 Å². The van der Waals surface area contributed by atoms with Crippen LogP contribution in [0.1, 0.15) is 5.56 Å². The van der Waals surface area contributed by atoms with Crippen molar-refractivity contribution >= 4 is 38.3 Å². The molecule has 0 saturated carbocycles. The Morgan fingerprint density at radius 3 is 2.83 bits per heavy atom. The van der Waals surface area contributed by atoms with Crippen LogP contribution < -0.4 is 10.2 Å². The highest BCUT2D eigenvalue weighted by Gasteiger charge is 2.34. The molecule has 1 fully saturated rings. The first-order chi connectivity index (χ1) is 11.6. The van der Waals surface area contributed by atoms with Gasteiger partial charge in [-0.25, -0.2) is 9.37 Å². The summed E-state index contributed by atoms with van der Waals surface area (Å²) in [7, 11) is 0. The van der Waals surface area contributed by atoms with Crippen molar-refractivity contribution in [3.8, 4) is 0 Å². The first-order valence-electron chi connectivity index (χ1n) is 7.78. The zero-order valence-electron chi connectivity index (χ0n) is 13.1. The van der Waals surface area contributed by atoms with Crippen LogP contribution in [0.3, 0.4) is 0 Å². The summed E-state index contributed by atoms with van der Waals surface area (Å²) in [5.74, 6) is -0.351. The number of nitrogens with one attached hydrogen (secondary N) is 1. The lowest BCUT2D eigenvalue weighted by molar-refractivity contribution is -0.120. The number of anilines is 2. The number of hydrogen-bond acceptors (Lipinski definition) is 4. The predicted octanol–water partition coefficient (Wildman–Crippen LogP) is 3.82. The lowest BCUT2D eigenvalue weighted by atomic mass is 10.00. The molecule has 0 bridgehead atoms. The largest absolute Gasteiger partial charge is 0.346 e. The molecule has 1 aliphatic heterocycles. The number of para-hydroxylation sites is 1. The summed E-state index contributed by atoms with van der Waals surface area (Å²) in [5, 5.41) is 3.72. The molecule has 1 aromatic heterocycles. The molecule has 4 rings (SSSR count). The highest BCUT2D eigenvalue weighted by molar-refractivity contribution is 7.22. The van der Waals surface area contributed by atoms with Gasteiger partial charge in [-0.1, -0.05) is 29.5 Å². The van der Waals surface area contributed by atoms with Crippen LogP contribution in [0.2, 0.25) is 0 Å². The van der Waals surface area contributed by atoms with Gasteiger partial charge in [-0.2, -0.15) is 0 Å². The van der Waals surface area contributed by atoms with Crippen molar-refractivity contribution in [3.63, 3.8) is 0 Å². The molecule has 1 aliphatic rings.